The second-order valence-electron chi connectivity index (χ2n) is 3.49. The van der Waals surface area contributed by atoms with E-state index >= 15 is 0 Å². The highest BCUT2D eigenvalue weighted by Gasteiger charge is 2.03. The third kappa shape index (κ3) is 3.67. The van der Waals surface area contributed by atoms with E-state index in [0.29, 0.717) is 0 Å². The molecular formula is C14H18O. The van der Waals surface area contributed by atoms with E-state index in [1.54, 1.807) is 0 Å². The minimum absolute atomic E-state index is 0.245. The Balaban J connectivity index is 2.86. The van der Waals surface area contributed by atoms with Gasteiger partial charge >= 0.3 is 0 Å². The van der Waals surface area contributed by atoms with Crippen LogP contribution >= 0.6 is 0 Å². The predicted octanol–water partition coefficient (Wildman–Crippen LogP) is 3.63. The molecule has 0 saturated carbocycles. The smallest absolute Gasteiger partial charge is 0.135 e. The first-order valence-corrected chi connectivity index (χ1v) is 5.52. The van der Waals surface area contributed by atoms with Gasteiger partial charge in [-0.05, 0) is 25.5 Å². The van der Waals surface area contributed by atoms with E-state index in [4.69, 9.17) is 4.74 Å². The molecule has 0 radical (unpaired) electrons. The number of hydrogen-bond acceptors (Lipinski definition) is 1. The molecule has 0 amide bonds. The molecule has 1 aromatic carbocycles. The molecule has 0 fully saturated rings. The minimum Gasteiger partial charge on any atom is -0.489 e. The molecule has 1 aromatic rings. The van der Waals surface area contributed by atoms with Crippen LogP contribution in [0.3, 0.4) is 0 Å². The topological polar surface area (TPSA) is 9.23 Å². The molecule has 1 atom stereocenters. The summed E-state index contributed by atoms with van der Waals surface area (Å²) in [6.45, 7) is 6.24. The van der Waals surface area contributed by atoms with Gasteiger partial charge < -0.3 is 4.74 Å². The average molecular weight is 202 g/mol. The number of ether oxygens (including phenoxy) is 1. The summed E-state index contributed by atoms with van der Waals surface area (Å²) in [7, 11) is 0. The van der Waals surface area contributed by atoms with Gasteiger partial charge in [-0.3, -0.25) is 0 Å². The van der Waals surface area contributed by atoms with Crippen molar-refractivity contribution in [3.05, 3.63) is 29.8 Å². The number of para-hydroxylation sites is 1. The lowest BCUT2D eigenvalue weighted by atomic mass is 10.2. The van der Waals surface area contributed by atoms with Crippen molar-refractivity contribution < 1.29 is 4.74 Å². The van der Waals surface area contributed by atoms with Crippen LogP contribution in [0, 0.1) is 11.8 Å². The fourth-order valence-corrected chi connectivity index (χ4v) is 1.16. The van der Waals surface area contributed by atoms with Gasteiger partial charge in [-0.15, -0.1) is 0 Å². The first-order chi connectivity index (χ1) is 7.27. The molecule has 0 aliphatic heterocycles. The maximum atomic E-state index is 5.79. The number of benzene rings is 1. The lowest BCUT2D eigenvalue weighted by Crippen LogP contribution is -2.10. The zero-order valence-electron chi connectivity index (χ0n) is 9.71. The van der Waals surface area contributed by atoms with Gasteiger partial charge in [-0.2, -0.15) is 0 Å². The van der Waals surface area contributed by atoms with Gasteiger partial charge in [0.1, 0.15) is 5.75 Å². The van der Waals surface area contributed by atoms with Crippen molar-refractivity contribution in [2.75, 3.05) is 0 Å². The summed E-state index contributed by atoms with van der Waals surface area (Å²) >= 11 is 0. The van der Waals surface area contributed by atoms with Crippen LogP contribution < -0.4 is 4.74 Å². The SMILES string of the molecule is CCC#Cc1ccccc1O[C@@H](C)CC. The van der Waals surface area contributed by atoms with Crippen molar-refractivity contribution >= 4 is 0 Å². The summed E-state index contributed by atoms with van der Waals surface area (Å²) < 4.78 is 5.79. The van der Waals surface area contributed by atoms with E-state index in [2.05, 4.69) is 25.7 Å². The molecule has 0 spiro atoms. The van der Waals surface area contributed by atoms with Crippen LogP contribution in [0.4, 0.5) is 0 Å². The first kappa shape index (κ1) is 11.7. The maximum Gasteiger partial charge on any atom is 0.135 e. The van der Waals surface area contributed by atoms with Gasteiger partial charge in [0.25, 0.3) is 0 Å². The highest BCUT2D eigenvalue weighted by molar-refractivity contribution is 5.45. The summed E-state index contributed by atoms with van der Waals surface area (Å²) in [5.74, 6) is 7.08. The van der Waals surface area contributed by atoms with E-state index in [1.165, 1.54) is 0 Å². The average Bonchev–Trinajstić information content (AvgIpc) is 2.28. The van der Waals surface area contributed by atoms with E-state index < -0.39 is 0 Å². The Bertz CT molecular complexity index is 357. The molecule has 0 aromatic heterocycles. The van der Waals surface area contributed by atoms with Gasteiger partial charge in [0, 0.05) is 6.42 Å². The Labute approximate surface area is 92.5 Å². The standard InChI is InChI=1S/C14H18O/c1-4-6-9-13-10-7-8-11-14(13)15-12(3)5-2/h7-8,10-12H,4-5H2,1-3H3/t12-/m0/s1. The molecule has 80 valence electrons. The van der Waals surface area contributed by atoms with Gasteiger partial charge in [-0.25, -0.2) is 0 Å². The van der Waals surface area contributed by atoms with E-state index in [1.807, 2.05) is 31.2 Å². The molecule has 0 unspecified atom stereocenters. The molecule has 1 heteroatoms. The van der Waals surface area contributed by atoms with Crippen molar-refractivity contribution in [1.29, 1.82) is 0 Å². The molecule has 0 saturated heterocycles. The zero-order valence-corrected chi connectivity index (χ0v) is 9.71. The summed E-state index contributed by atoms with van der Waals surface area (Å²) in [6.07, 6.45) is 2.13. The fourth-order valence-electron chi connectivity index (χ4n) is 1.16. The van der Waals surface area contributed by atoms with Gasteiger partial charge in [-0.1, -0.05) is 37.8 Å². The summed E-state index contributed by atoms with van der Waals surface area (Å²) in [6, 6.07) is 7.95. The van der Waals surface area contributed by atoms with Gasteiger partial charge in [0.2, 0.25) is 0 Å². The molecule has 0 aliphatic rings. The summed E-state index contributed by atoms with van der Waals surface area (Å²) in [5, 5.41) is 0. The Morgan fingerprint density at radius 1 is 1.27 bits per heavy atom. The highest BCUT2D eigenvalue weighted by Crippen LogP contribution is 2.18. The normalized spacial score (nSPS) is 11.4. The molecule has 0 heterocycles. The van der Waals surface area contributed by atoms with Crippen molar-refractivity contribution in [2.24, 2.45) is 0 Å². The van der Waals surface area contributed by atoms with Crippen LogP contribution in [-0.2, 0) is 0 Å². The lowest BCUT2D eigenvalue weighted by molar-refractivity contribution is 0.217. The zero-order chi connectivity index (χ0) is 11.1. The van der Waals surface area contributed by atoms with Gasteiger partial charge in [0.05, 0.1) is 11.7 Å². The highest BCUT2D eigenvalue weighted by atomic mass is 16.5. The summed E-state index contributed by atoms with van der Waals surface area (Å²) in [4.78, 5) is 0. The van der Waals surface area contributed by atoms with Crippen LogP contribution in [0.25, 0.3) is 0 Å². The first-order valence-electron chi connectivity index (χ1n) is 5.52. The number of hydrogen-bond donors (Lipinski definition) is 0. The summed E-state index contributed by atoms with van der Waals surface area (Å²) in [5.41, 5.74) is 0.986. The van der Waals surface area contributed by atoms with E-state index in [9.17, 15) is 0 Å². The van der Waals surface area contributed by atoms with Crippen LogP contribution in [0.2, 0.25) is 0 Å². The Morgan fingerprint density at radius 3 is 2.67 bits per heavy atom. The second-order valence-corrected chi connectivity index (χ2v) is 3.49. The molecular weight excluding hydrogens is 184 g/mol. The fraction of sp³-hybridized carbons (Fsp3) is 0.429. The van der Waals surface area contributed by atoms with Gasteiger partial charge in [0.15, 0.2) is 0 Å². The molecule has 0 N–H and O–H groups in total. The van der Waals surface area contributed by atoms with Crippen LogP contribution in [0.15, 0.2) is 24.3 Å². The van der Waals surface area contributed by atoms with Crippen LogP contribution in [-0.4, -0.2) is 6.10 Å². The van der Waals surface area contributed by atoms with E-state index in [0.717, 1.165) is 24.2 Å². The number of rotatable bonds is 3. The molecule has 0 aliphatic carbocycles. The Morgan fingerprint density at radius 2 is 2.00 bits per heavy atom. The maximum absolute atomic E-state index is 5.79. The largest absolute Gasteiger partial charge is 0.489 e. The van der Waals surface area contributed by atoms with Crippen LogP contribution in [0.1, 0.15) is 39.2 Å². The second kappa shape index (κ2) is 6.14. The quantitative estimate of drug-likeness (QED) is 0.680. The molecule has 15 heavy (non-hydrogen) atoms. The monoisotopic (exact) mass is 202 g/mol. The van der Waals surface area contributed by atoms with Crippen molar-refractivity contribution in [1.82, 2.24) is 0 Å². The predicted molar refractivity (Wildman–Crippen MR) is 64.0 cm³/mol. The third-order valence-electron chi connectivity index (χ3n) is 2.19. The van der Waals surface area contributed by atoms with Crippen LogP contribution in [0.5, 0.6) is 5.75 Å². The lowest BCUT2D eigenvalue weighted by Gasteiger charge is -2.13. The minimum atomic E-state index is 0.245. The molecule has 1 nitrogen and oxygen atoms in total. The van der Waals surface area contributed by atoms with E-state index in [-0.39, 0.29) is 6.10 Å². The van der Waals surface area contributed by atoms with Crippen molar-refractivity contribution in [3.8, 4) is 17.6 Å². The van der Waals surface area contributed by atoms with Crippen molar-refractivity contribution in [3.63, 3.8) is 0 Å². The van der Waals surface area contributed by atoms with Crippen molar-refractivity contribution in [2.45, 2.75) is 39.7 Å². The molecule has 0 bridgehead atoms. The molecule has 1 rings (SSSR count). The Kier molecular flexibility index (Phi) is 4.77. The third-order valence-corrected chi connectivity index (χ3v) is 2.19. The Hall–Kier alpha value is -1.42.